The number of nitrogens with one attached hydrogen (secondary N) is 1. The van der Waals surface area contributed by atoms with Crippen LogP contribution in [0.25, 0.3) is 0 Å². The van der Waals surface area contributed by atoms with Gasteiger partial charge < -0.3 is 10.1 Å². The molecule has 20 heavy (non-hydrogen) atoms. The normalized spacial score (nSPS) is 10.1. The number of rotatable bonds is 4. The molecular weight excluding hydrogens is 260 g/mol. The van der Waals surface area contributed by atoms with Gasteiger partial charge in [0.05, 0.1) is 24.6 Å². The highest BCUT2D eigenvalue weighted by molar-refractivity contribution is 6.03. The Labute approximate surface area is 115 Å². The summed E-state index contributed by atoms with van der Waals surface area (Å²) in [5, 5.41) is 6.63. The summed E-state index contributed by atoms with van der Waals surface area (Å²) in [5.41, 5.74) is 1.79. The molecule has 0 atom stereocenters. The first-order valence-electron chi connectivity index (χ1n) is 5.92. The number of esters is 1. The average Bonchev–Trinajstić information content (AvgIpc) is 2.86. The molecule has 2 aromatic heterocycles. The van der Waals surface area contributed by atoms with E-state index in [9.17, 15) is 9.59 Å². The van der Waals surface area contributed by atoms with Crippen LogP contribution in [0.3, 0.4) is 0 Å². The third-order valence-corrected chi connectivity index (χ3v) is 2.58. The molecule has 0 aliphatic rings. The van der Waals surface area contributed by atoms with Gasteiger partial charge in [-0.15, -0.1) is 0 Å². The largest absolute Gasteiger partial charge is 0.468 e. The Bertz CT molecular complexity index is 619. The summed E-state index contributed by atoms with van der Waals surface area (Å²) in [4.78, 5) is 27.1. The number of amides is 1. The molecule has 0 aliphatic carbocycles. The van der Waals surface area contributed by atoms with Crippen LogP contribution in [0.5, 0.6) is 0 Å². The lowest BCUT2D eigenvalue weighted by Gasteiger charge is -2.02. The molecule has 2 aromatic rings. The summed E-state index contributed by atoms with van der Waals surface area (Å²) in [5.74, 6) is -0.691. The molecule has 0 saturated carbocycles. The molecule has 7 heteroatoms. The van der Waals surface area contributed by atoms with Gasteiger partial charge >= 0.3 is 5.97 Å². The number of ether oxygens (including phenoxy) is 1. The topological polar surface area (TPSA) is 86.1 Å². The predicted molar refractivity (Wildman–Crippen MR) is 71.2 cm³/mol. The minimum Gasteiger partial charge on any atom is -0.468 e. The van der Waals surface area contributed by atoms with Crippen molar-refractivity contribution in [3.8, 4) is 0 Å². The first-order valence-corrected chi connectivity index (χ1v) is 5.92. The molecule has 0 aromatic carbocycles. The zero-order valence-corrected chi connectivity index (χ0v) is 11.2. The average molecular weight is 274 g/mol. The van der Waals surface area contributed by atoms with Crippen LogP contribution in [-0.2, 0) is 16.1 Å². The van der Waals surface area contributed by atoms with Gasteiger partial charge in [-0.2, -0.15) is 5.10 Å². The molecule has 2 rings (SSSR count). The van der Waals surface area contributed by atoms with Gasteiger partial charge in [0.15, 0.2) is 0 Å². The van der Waals surface area contributed by atoms with Crippen LogP contribution in [0, 0.1) is 6.92 Å². The number of carbonyl (C=O) groups excluding carboxylic acids is 2. The van der Waals surface area contributed by atoms with Gasteiger partial charge in [-0.1, -0.05) is 0 Å². The van der Waals surface area contributed by atoms with Crippen LogP contribution in [0.1, 0.15) is 16.1 Å². The highest BCUT2D eigenvalue weighted by atomic mass is 16.5. The number of nitrogens with zero attached hydrogens (tertiary/aromatic N) is 3. The second-order valence-corrected chi connectivity index (χ2v) is 4.15. The molecule has 0 aliphatic heterocycles. The number of methoxy groups -OCH3 is 1. The van der Waals surface area contributed by atoms with E-state index in [-0.39, 0.29) is 12.5 Å². The van der Waals surface area contributed by atoms with E-state index in [1.165, 1.54) is 24.2 Å². The van der Waals surface area contributed by atoms with E-state index in [4.69, 9.17) is 0 Å². The van der Waals surface area contributed by atoms with Crippen molar-refractivity contribution < 1.29 is 14.3 Å². The van der Waals surface area contributed by atoms with Gasteiger partial charge in [0.25, 0.3) is 5.91 Å². The Morgan fingerprint density at radius 2 is 2.15 bits per heavy atom. The number of carbonyl (C=O) groups is 2. The van der Waals surface area contributed by atoms with Crippen LogP contribution in [0.2, 0.25) is 0 Å². The zero-order valence-electron chi connectivity index (χ0n) is 11.2. The van der Waals surface area contributed by atoms with Crippen molar-refractivity contribution in [2.45, 2.75) is 13.5 Å². The molecule has 0 fully saturated rings. The number of pyridine rings is 1. The highest BCUT2D eigenvalue weighted by Gasteiger charge is 2.09. The number of hydrogen-bond donors (Lipinski definition) is 1. The number of hydrogen-bond acceptors (Lipinski definition) is 5. The highest BCUT2D eigenvalue weighted by Crippen LogP contribution is 2.08. The summed E-state index contributed by atoms with van der Waals surface area (Å²) < 4.78 is 5.91. The van der Waals surface area contributed by atoms with Crippen molar-refractivity contribution in [1.29, 1.82) is 0 Å². The zero-order chi connectivity index (χ0) is 14.5. The summed E-state index contributed by atoms with van der Waals surface area (Å²) in [6.07, 6.45) is 4.52. The third-order valence-electron chi connectivity index (χ3n) is 2.58. The van der Waals surface area contributed by atoms with Gasteiger partial charge in [0.1, 0.15) is 6.54 Å². The van der Waals surface area contributed by atoms with Crippen LogP contribution in [0.4, 0.5) is 5.69 Å². The lowest BCUT2D eigenvalue weighted by Crippen LogP contribution is -2.13. The fraction of sp³-hybridized carbons (Fsp3) is 0.231. The van der Waals surface area contributed by atoms with Crippen molar-refractivity contribution in [3.05, 3.63) is 42.0 Å². The summed E-state index contributed by atoms with van der Waals surface area (Å²) in [7, 11) is 1.30. The molecule has 0 spiro atoms. The Kier molecular flexibility index (Phi) is 4.09. The number of anilines is 1. The SMILES string of the molecule is COC(=O)Cn1cc(NC(=O)c2ccc(C)nc2)cn1. The minimum atomic E-state index is -0.409. The quantitative estimate of drug-likeness (QED) is 0.841. The van der Waals surface area contributed by atoms with Crippen molar-refractivity contribution in [1.82, 2.24) is 14.8 Å². The molecule has 1 N–H and O–H groups in total. The third kappa shape index (κ3) is 3.41. The molecule has 0 bridgehead atoms. The molecule has 104 valence electrons. The van der Waals surface area contributed by atoms with Gasteiger partial charge in [0.2, 0.25) is 0 Å². The molecule has 7 nitrogen and oxygen atoms in total. The minimum absolute atomic E-state index is 0.00153. The van der Waals surface area contributed by atoms with Gasteiger partial charge in [-0.05, 0) is 19.1 Å². The monoisotopic (exact) mass is 274 g/mol. The van der Waals surface area contributed by atoms with E-state index in [1.54, 1.807) is 18.3 Å². The van der Waals surface area contributed by atoms with Crippen molar-refractivity contribution >= 4 is 17.6 Å². The molecular formula is C13H14N4O3. The van der Waals surface area contributed by atoms with E-state index in [0.717, 1.165) is 5.69 Å². The summed E-state index contributed by atoms with van der Waals surface area (Å²) in [6.45, 7) is 1.84. The molecule has 1 amide bonds. The maximum Gasteiger partial charge on any atom is 0.327 e. The number of aromatic nitrogens is 3. The van der Waals surface area contributed by atoms with Crippen molar-refractivity contribution in [3.63, 3.8) is 0 Å². The molecule has 0 radical (unpaired) electrons. The van der Waals surface area contributed by atoms with E-state index < -0.39 is 5.97 Å². The lowest BCUT2D eigenvalue weighted by molar-refractivity contribution is -0.141. The van der Waals surface area contributed by atoms with Crippen molar-refractivity contribution in [2.24, 2.45) is 0 Å². The fourth-order valence-electron chi connectivity index (χ4n) is 1.52. The second-order valence-electron chi connectivity index (χ2n) is 4.15. The Morgan fingerprint density at radius 3 is 2.80 bits per heavy atom. The van der Waals surface area contributed by atoms with Gasteiger partial charge in [-0.3, -0.25) is 19.3 Å². The van der Waals surface area contributed by atoms with Crippen LogP contribution in [-0.4, -0.2) is 33.8 Å². The fourth-order valence-corrected chi connectivity index (χ4v) is 1.52. The van der Waals surface area contributed by atoms with Gasteiger partial charge in [-0.25, -0.2) is 0 Å². The summed E-state index contributed by atoms with van der Waals surface area (Å²) >= 11 is 0. The van der Waals surface area contributed by atoms with Crippen molar-refractivity contribution in [2.75, 3.05) is 12.4 Å². The second kappa shape index (κ2) is 5.96. The predicted octanol–water partition coefficient (Wildman–Crippen LogP) is 1.01. The van der Waals surface area contributed by atoms with E-state index in [0.29, 0.717) is 11.3 Å². The first kappa shape index (κ1) is 13.7. The number of aryl methyl sites for hydroxylation is 1. The van der Waals surface area contributed by atoms with Crippen LogP contribution >= 0.6 is 0 Å². The molecule has 0 unspecified atom stereocenters. The van der Waals surface area contributed by atoms with Gasteiger partial charge in [0, 0.05) is 18.1 Å². The van der Waals surface area contributed by atoms with E-state index in [2.05, 4.69) is 20.1 Å². The smallest absolute Gasteiger partial charge is 0.327 e. The summed E-state index contributed by atoms with van der Waals surface area (Å²) in [6, 6.07) is 3.45. The van der Waals surface area contributed by atoms with Crippen LogP contribution in [0.15, 0.2) is 30.7 Å². The first-order chi connectivity index (χ1) is 9.58. The maximum absolute atomic E-state index is 11.9. The Balaban J connectivity index is 2.01. The Morgan fingerprint density at radius 1 is 1.35 bits per heavy atom. The molecule has 2 heterocycles. The van der Waals surface area contributed by atoms with Crippen LogP contribution < -0.4 is 5.32 Å². The van der Waals surface area contributed by atoms with E-state index in [1.807, 2.05) is 6.92 Å². The maximum atomic E-state index is 11.9. The van der Waals surface area contributed by atoms with E-state index >= 15 is 0 Å². The molecule has 0 saturated heterocycles. The lowest BCUT2D eigenvalue weighted by atomic mass is 10.2. The standard InChI is InChI=1S/C13H14N4O3/c1-9-3-4-10(5-14-9)13(19)16-11-6-15-17(7-11)8-12(18)20-2/h3-7H,8H2,1-2H3,(H,16,19). The Hall–Kier alpha value is -2.70.